The zero-order valence-corrected chi connectivity index (χ0v) is 9.35. The summed E-state index contributed by atoms with van der Waals surface area (Å²) in [5, 5.41) is 12.4. The van der Waals surface area contributed by atoms with Crippen molar-refractivity contribution in [2.75, 3.05) is 13.6 Å². The lowest BCUT2D eigenvalue weighted by atomic mass is 10.2. The standard InChI is InChI=1S/C10H17N5/c1-14(7-5-3-4-6-11)8-10-12-9-13-15(10)2/h9H,3-5,7-8H2,1-2H3. The molecule has 1 heterocycles. The lowest BCUT2D eigenvalue weighted by Gasteiger charge is -2.14. The molecule has 0 bridgehead atoms. The van der Waals surface area contributed by atoms with E-state index < -0.39 is 0 Å². The minimum atomic E-state index is 0.651. The van der Waals surface area contributed by atoms with Gasteiger partial charge in [0.1, 0.15) is 12.2 Å². The van der Waals surface area contributed by atoms with Gasteiger partial charge in [0.2, 0.25) is 0 Å². The summed E-state index contributed by atoms with van der Waals surface area (Å²) in [5.74, 6) is 0.970. The van der Waals surface area contributed by atoms with E-state index >= 15 is 0 Å². The van der Waals surface area contributed by atoms with Gasteiger partial charge >= 0.3 is 0 Å². The maximum Gasteiger partial charge on any atom is 0.140 e. The molecule has 82 valence electrons. The van der Waals surface area contributed by atoms with Crippen molar-refractivity contribution in [1.82, 2.24) is 19.7 Å². The first-order chi connectivity index (χ1) is 7.24. The van der Waals surface area contributed by atoms with E-state index in [-0.39, 0.29) is 0 Å². The molecule has 0 N–H and O–H groups in total. The average molecular weight is 207 g/mol. The highest BCUT2D eigenvalue weighted by Crippen LogP contribution is 2.00. The SMILES string of the molecule is CN(CCCCC#N)Cc1ncnn1C. The zero-order chi connectivity index (χ0) is 11.1. The van der Waals surface area contributed by atoms with E-state index in [1.807, 2.05) is 7.05 Å². The molecule has 0 aliphatic carbocycles. The van der Waals surface area contributed by atoms with Crippen LogP contribution in [0.25, 0.3) is 0 Å². The van der Waals surface area contributed by atoms with Gasteiger partial charge in [-0.05, 0) is 26.4 Å². The van der Waals surface area contributed by atoms with Gasteiger partial charge in [0, 0.05) is 13.5 Å². The predicted octanol–water partition coefficient (Wildman–Crippen LogP) is 0.941. The molecule has 0 saturated heterocycles. The van der Waals surface area contributed by atoms with Gasteiger partial charge in [0.15, 0.2) is 0 Å². The fourth-order valence-electron chi connectivity index (χ4n) is 1.37. The van der Waals surface area contributed by atoms with Crippen molar-refractivity contribution in [2.45, 2.75) is 25.8 Å². The van der Waals surface area contributed by atoms with Crippen molar-refractivity contribution in [3.05, 3.63) is 12.2 Å². The van der Waals surface area contributed by atoms with E-state index in [4.69, 9.17) is 5.26 Å². The Hall–Kier alpha value is -1.41. The molecule has 5 nitrogen and oxygen atoms in total. The van der Waals surface area contributed by atoms with Crippen LogP contribution in [0.5, 0.6) is 0 Å². The third kappa shape index (κ3) is 4.09. The van der Waals surface area contributed by atoms with Crippen molar-refractivity contribution in [3.63, 3.8) is 0 Å². The summed E-state index contributed by atoms with van der Waals surface area (Å²) >= 11 is 0. The lowest BCUT2D eigenvalue weighted by molar-refractivity contribution is 0.306. The second-order valence-corrected chi connectivity index (χ2v) is 3.65. The normalized spacial score (nSPS) is 10.5. The number of hydrogen-bond donors (Lipinski definition) is 0. The summed E-state index contributed by atoms with van der Waals surface area (Å²) in [5.41, 5.74) is 0. The Kier molecular flexibility index (Phi) is 4.78. The van der Waals surface area contributed by atoms with E-state index in [0.29, 0.717) is 6.42 Å². The highest BCUT2D eigenvalue weighted by Gasteiger charge is 2.04. The fourth-order valence-corrected chi connectivity index (χ4v) is 1.37. The number of rotatable bonds is 6. The molecule has 0 spiro atoms. The molecule has 15 heavy (non-hydrogen) atoms. The molecule has 1 aromatic heterocycles. The largest absolute Gasteiger partial charge is 0.299 e. The Bertz CT molecular complexity index is 325. The van der Waals surface area contributed by atoms with Gasteiger partial charge in [0.05, 0.1) is 12.6 Å². The summed E-state index contributed by atoms with van der Waals surface area (Å²) in [4.78, 5) is 6.35. The highest BCUT2D eigenvalue weighted by atomic mass is 15.3. The zero-order valence-electron chi connectivity index (χ0n) is 9.35. The van der Waals surface area contributed by atoms with Crippen molar-refractivity contribution in [2.24, 2.45) is 7.05 Å². The molecule has 1 rings (SSSR count). The Morgan fingerprint density at radius 3 is 2.93 bits per heavy atom. The molecule has 0 unspecified atom stereocenters. The third-order valence-corrected chi connectivity index (χ3v) is 2.29. The van der Waals surface area contributed by atoms with Crippen LogP contribution >= 0.6 is 0 Å². The number of aromatic nitrogens is 3. The van der Waals surface area contributed by atoms with Crippen LogP contribution in [0.15, 0.2) is 6.33 Å². The molecular weight excluding hydrogens is 190 g/mol. The Morgan fingerprint density at radius 2 is 2.33 bits per heavy atom. The maximum atomic E-state index is 8.39. The van der Waals surface area contributed by atoms with E-state index in [1.54, 1.807) is 11.0 Å². The Morgan fingerprint density at radius 1 is 1.53 bits per heavy atom. The van der Waals surface area contributed by atoms with Crippen LogP contribution in [0.2, 0.25) is 0 Å². The van der Waals surface area contributed by atoms with Crippen LogP contribution in [-0.2, 0) is 13.6 Å². The summed E-state index contributed by atoms with van der Waals surface area (Å²) in [6, 6.07) is 2.15. The second kappa shape index (κ2) is 6.14. The highest BCUT2D eigenvalue weighted by molar-refractivity contribution is 4.82. The molecule has 0 aromatic carbocycles. The third-order valence-electron chi connectivity index (χ3n) is 2.29. The van der Waals surface area contributed by atoms with Gasteiger partial charge in [-0.2, -0.15) is 10.4 Å². The van der Waals surface area contributed by atoms with Crippen LogP contribution < -0.4 is 0 Å². The quantitative estimate of drug-likeness (QED) is 0.651. The number of hydrogen-bond acceptors (Lipinski definition) is 4. The summed E-state index contributed by atoms with van der Waals surface area (Å²) in [6.07, 6.45) is 4.25. The average Bonchev–Trinajstić information content (AvgIpc) is 2.59. The fraction of sp³-hybridized carbons (Fsp3) is 0.700. The van der Waals surface area contributed by atoms with Crippen molar-refractivity contribution in [3.8, 4) is 6.07 Å². The topological polar surface area (TPSA) is 57.7 Å². The molecule has 0 amide bonds. The van der Waals surface area contributed by atoms with Gasteiger partial charge in [-0.15, -0.1) is 0 Å². The maximum absolute atomic E-state index is 8.39. The van der Waals surface area contributed by atoms with Crippen LogP contribution in [0.4, 0.5) is 0 Å². The van der Waals surface area contributed by atoms with Gasteiger partial charge in [-0.3, -0.25) is 9.58 Å². The molecule has 0 saturated carbocycles. The van der Waals surface area contributed by atoms with Crippen molar-refractivity contribution < 1.29 is 0 Å². The molecule has 0 atom stereocenters. The van der Waals surface area contributed by atoms with Gasteiger partial charge in [0.25, 0.3) is 0 Å². The van der Waals surface area contributed by atoms with Crippen molar-refractivity contribution >= 4 is 0 Å². The van der Waals surface area contributed by atoms with Gasteiger partial charge in [-0.1, -0.05) is 0 Å². The molecule has 5 heteroatoms. The predicted molar refractivity (Wildman–Crippen MR) is 56.8 cm³/mol. The smallest absolute Gasteiger partial charge is 0.140 e. The molecule has 0 aliphatic heterocycles. The molecule has 0 radical (unpaired) electrons. The minimum Gasteiger partial charge on any atom is -0.299 e. The summed E-state index contributed by atoms with van der Waals surface area (Å²) in [6.45, 7) is 1.80. The van der Waals surface area contributed by atoms with Crippen molar-refractivity contribution in [1.29, 1.82) is 5.26 Å². The number of nitriles is 1. The van der Waals surface area contributed by atoms with E-state index in [1.165, 1.54) is 0 Å². The number of aryl methyl sites for hydroxylation is 1. The van der Waals surface area contributed by atoms with Crippen LogP contribution in [0.3, 0.4) is 0 Å². The molecule has 0 aliphatic rings. The molecular formula is C10H17N5. The Labute approximate surface area is 90.3 Å². The Balaban J connectivity index is 2.22. The molecule has 1 aromatic rings. The van der Waals surface area contributed by atoms with Crippen LogP contribution in [0, 0.1) is 11.3 Å². The first kappa shape index (κ1) is 11.7. The van der Waals surface area contributed by atoms with E-state index in [2.05, 4.69) is 28.1 Å². The monoisotopic (exact) mass is 207 g/mol. The number of nitrogens with zero attached hydrogens (tertiary/aromatic N) is 5. The minimum absolute atomic E-state index is 0.651. The summed E-state index contributed by atoms with van der Waals surface area (Å²) in [7, 11) is 3.95. The van der Waals surface area contributed by atoms with Gasteiger partial charge in [-0.25, -0.2) is 4.98 Å². The van der Waals surface area contributed by atoms with Crippen LogP contribution in [-0.4, -0.2) is 33.3 Å². The molecule has 0 fully saturated rings. The van der Waals surface area contributed by atoms with E-state index in [0.717, 1.165) is 31.8 Å². The lowest BCUT2D eigenvalue weighted by Crippen LogP contribution is -2.21. The van der Waals surface area contributed by atoms with Gasteiger partial charge < -0.3 is 0 Å². The first-order valence-corrected chi connectivity index (χ1v) is 5.12. The van der Waals surface area contributed by atoms with E-state index in [9.17, 15) is 0 Å². The second-order valence-electron chi connectivity index (χ2n) is 3.65. The number of unbranched alkanes of at least 4 members (excludes halogenated alkanes) is 2. The van der Waals surface area contributed by atoms with Crippen LogP contribution in [0.1, 0.15) is 25.1 Å². The first-order valence-electron chi connectivity index (χ1n) is 5.12. The summed E-state index contributed by atoms with van der Waals surface area (Å²) < 4.78 is 1.78.